The van der Waals surface area contributed by atoms with E-state index in [-0.39, 0.29) is 29.2 Å². The molecule has 0 radical (unpaired) electrons. The van der Waals surface area contributed by atoms with Crippen LogP contribution in [0, 0.1) is 25.7 Å². The van der Waals surface area contributed by atoms with E-state index >= 15 is 0 Å². The van der Waals surface area contributed by atoms with Crippen molar-refractivity contribution in [3.63, 3.8) is 0 Å². The van der Waals surface area contributed by atoms with E-state index in [1.807, 2.05) is 45.9 Å². The molecule has 0 aromatic heterocycles. The van der Waals surface area contributed by atoms with Crippen molar-refractivity contribution in [3.8, 4) is 0 Å². The molecule has 0 unspecified atom stereocenters. The number of rotatable bonds is 3. The number of carbonyl (C=O) groups is 2. The summed E-state index contributed by atoms with van der Waals surface area (Å²) in [5, 5.41) is 6.07. The highest BCUT2D eigenvalue weighted by molar-refractivity contribution is 5.93. The quantitative estimate of drug-likeness (QED) is 0.881. The summed E-state index contributed by atoms with van der Waals surface area (Å²) in [4.78, 5) is 24.7. The van der Waals surface area contributed by atoms with Gasteiger partial charge in [-0.3, -0.25) is 9.59 Å². The third-order valence-corrected chi connectivity index (χ3v) is 4.74. The van der Waals surface area contributed by atoms with Crippen molar-refractivity contribution in [3.05, 3.63) is 29.3 Å². The van der Waals surface area contributed by atoms with Crippen LogP contribution in [0.15, 0.2) is 18.2 Å². The fourth-order valence-electron chi connectivity index (χ4n) is 3.15. The molecule has 2 N–H and O–H groups in total. The zero-order chi connectivity index (χ0) is 17.9. The first-order chi connectivity index (χ1) is 11.2. The Balaban J connectivity index is 1.86. The molecular formula is C20H30N2O2. The van der Waals surface area contributed by atoms with Crippen molar-refractivity contribution in [2.45, 2.75) is 65.8 Å². The molecule has 4 nitrogen and oxygen atoms in total. The van der Waals surface area contributed by atoms with Crippen molar-refractivity contribution < 1.29 is 9.59 Å². The Bertz CT molecular complexity index is 609. The minimum Gasteiger partial charge on any atom is -0.351 e. The van der Waals surface area contributed by atoms with Gasteiger partial charge in [0.2, 0.25) is 11.8 Å². The average molecular weight is 330 g/mol. The summed E-state index contributed by atoms with van der Waals surface area (Å²) in [6, 6.07) is 5.98. The van der Waals surface area contributed by atoms with Gasteiger partial charge in [-0.25, -0.2) is 0 Å². The standard InChI is InChI=1S/C20H30N2O2/c1-13-6-11-17(12-14(13)2)21-18(23)15-7-9-16(10-8-15)19(24)22-20(3,4)5/h6,11-12,15-16H,7-10H2,1-5H3,(H,21,23)(H,22,24). The van der Waals surface area contributed by atoms with Gasteiger partial charge in [0.05, 0.1) is 0 Å². The molecular weight excluding hydrogens is 300 g/mol. The smallest absolute Gasteiger partial charge is 0.227 e. The minimum atomic E-state index is -0.200. The molecule has 0 heterocycles. The SMILES string of the molecule is Cc1ccc(NC(=O)C2CCC(C(=O)NC(C)(C)C)CC2)cc1C. The van der Waals surface area contributed by atoms with Gasteiger partial charge in [0.15, 0.2) is 0 Å². The summed E-state index contributed by atoms with van der Waals surface area (Å²) in [6.45, 7) is 10.1. The lowest BCUT2D eigenvalue weighted by molar-refractivity contribution is -0.129. The van der Waals surface area contributed by atoms with Gasteiger partial charge in [-0.2, -0.15) is 0 Å². The van der Waals surface area contributed by atoms with Gasteiger partial charge >= 0.3 is 0 Å². The molecule has 4 heteroatoms. The van der Waals surface area contributed by atoms with Crippen molar-refractivity contribution in [1.29, 1.82) is 0 Å². The third-order valence-electron chi connectivity index (χ3n) is 4.74. The first-order valence-corrected chi connectivity index (χ1v) is 8.86. The van der Waals surface area contributed by atoms with E-state index in [0.717, 1.165) is 31.4 Å². The Morgan fingerprint density at radius 3 is 1.96 bits per heavy atom. The lowest BCUT2D eigenvalue weighted by atomic mass is 9.81. The van der Waals surface area contributed by atoms with Crippen LogP contribution in [0.5, 0.6) is 0 Å². The van der Waals surface area contributed by atoms with Gasteiger partial charge in [0, 0.05) is 23.1 Å². The van der Waals surface area contributed by atoms with Crippen LogP contribution in [-0.4, -0.2) is 17.4 Å². The van der Waals surface area contributed by atoms with Crippen LogP contribution in [0.3, 0.4) is 0 Å². The first kappa shape index (κ1) is 18.5. The number of hydrogen-bond donors (Lipinski definition) is 2. The summed E-state index contributed by atoms with van der Waals surface area (Å²) in [7, 11) is 0. The largest absolute Gasteiger partial charge is 0.351 e. The van der Waals surface area contributed by atoms with E-state index in [2.05, 4.69) is 17.6 Å². The highest BCUT2D eigenvalue weighted by atomic mass is 16.2. The Kier molecular flexibility index (Phi) is 5.68. The molecule has 0 atom stereocenters. The van der Waals surface area contributed by atoms with Crippen LogP contribution in [0.4, 0.5) is 5.69 Å². The van der Waals surface area contributed by atoms with Crippen molar-refractivity contribution in [1.82, 2.24) is 5.32 Å². The summed E-state index contributed by atoms with van der Waals surface area (Å²) in [6.07, 6.45) is 3.12. The number of aryl methyl sites for hydroxylation is 2. The summed E-state index contributed by atoms with van der Waals surface area (Å²) in [5.41, 5.74) is 3.05. The Labute approximate surface area is 145 Å². The highest BCUT2D eigenvalue weighted by Crippen LogP contribution is 2.30. The Morgan fingerprint density at radius 2 is 1.46 bits per heavy atom. The lowest BCUT2D eigenvalue weighted by Gasteiger charge is -2.30. The molecule has 1 aromatic rings. The Morgan fingerprint density at radius 1 is 0.917 bits per heavy atom. The molecule has 0 saturated heterocycles. The number of benzene rings is 1. The van der Waals surface area contributed by atoms with E-state index in [1.54, 1.807) is 0 Å². The molecule has 0 spiro atoms. The van der Waals surface area contributed by atoms with Gasteiger partial charge in [0.25, 0.3) is 0 Å². The fourth-order valence-corrected chi connectivity index (χ4v) is 3.15. The second-order valence-corrected chi connectivity index (χ2v) is 8.08. The number of amides is 2. The van der Waals surface area contributed by atoms with Gasteiger partial charge < -0.3 is 10.6 Å². The monoisotopic (exact) mass is 330 g/mol. The van der Waals surface area contributed by atoms with Crippen molar-refractivity contribution in [2.75, 3.05) is 5.32 Å². The normalized spacial score (nSPS) is 21.2. The third kappa shape index (κ3) is 5.08. The zero-order valence-electron chi connectivity index (χ0n) is 15.5. The second-order valence-electron chi connectivity index (χ2n) is 8.08. The van der Waals surface area contributed by atoms with E-state index < -0.39 is 0 Å². The van der Waals surface area contributed by atoms with Crippen molar-refractivity contribution in [2.24, 2.45) is 11.8 Å². The first-order valence-electron chi connectivity index (χ1n) is 8.86. The maximum absolute atomic E-state index is 12.5. The summed E-state index contributed by atoms with van der Waals surface area (Å²) >= 11 is 0. The van der Waals surface area contributed by atoms with E-state index in [1.165, 1.54) is 11.1 Å². The van der Waals surface area contributed by atoms with Gasteiger partial charge in [0.1, 0.15) is 0 Å². The Hall–Kier alpha value is -1.84. The summed E-state index contributed by atoms with van der Waals surface area (Å²) in [5.74, 6) is 0.239. The van der Waals surface area contributed by atoms with E-state index in [4.69, 9.17) is 0 Å². The van der Waals surface area contributed by atoms with E-state index in [0.29, 0.717) is 0 Å². The van der Waals surface area contributed by atoms with Crippen LogP contribution in [0.2, 0.25) is 0 Å². The van der Waals surface area contributed by atoms with Crippen LogP contribution in [0.1, 0.15) is 57.6 Å². The van der Waals surface area contributed by atoms with Crippen LogP contribution in [0.25, 0.3) is 0 Å². The molecule has 24 heavy (non-hydrogen) atoms. The molecule has 0 aliphatic heterocycles. The average Bonchev–Trinajstić information content (AvgIpc) is 2.49. The maximum atomic E-state index is 12.5. The van der Waals surface area contributed by atoms with Crippen molar-refractivity contribution >= 4 is 17.5 Å². The number of nitrogens with one attached hydrogen (secondary N) is 2. The van der Waals surface area contributed by atoms with Gasteiger partial charge in [-0.05, 0) is 83.6 Å². The highest BCUT2D eigenvalue weighted by Gasteiger charge is 2.31. The van der Waals surface area contributed by atoms with Crippen LogP contribution < -0.4 is 10.6 Å². The zero-order valence-corrected chi connectivity index (χ0v) is 15.5. The number of carbonyl (C=O) groups excluding carboxylic acids is 2. The van der Waals surface area contributed by atoms with Gasteiger partial charge in [-0.1, -0.05) is 6.07 Å². The van der Waals surface area contributed by atoms with Crippen LogP contribution in [-0.2, 0) is 9.59 Å². The molecule has 1 aromatic carbocycles. The number of hydrogen-bond acceptors (Lipinski definition) is 2. The molecule has 1 aliphatic carbocycles. The molecule has 132 valence electrons. The molecule has 2 amide bonds. The molecule has 0 bridgehead atoms. The topological polar surface area (TPSA) is 58.2 Å². The molecule has 1 aliphatic rings. The maximum Gasteiger partial charge on any atom is 0.227 e. The lowest BCUT2D eigenvalue weighted by Crippen LogP contribution is -2.45. The number of anilines is 1. The minimum absolute atomic E-state index is 0.00490. The van der Waals surface area contributed by atoms with Crippen LogP contribution >= 0.6 is 0 Å². The predicted octanol–water partition coefficient (Wildman–Crippen LogP) is 3.96. The second kappa shape index (κ2) is 7.37. The van der Waals surface area contributed by atoms with E-state index in [9.17, 15) is 9.59 Å². The molecule has 1 saturated carbocycles. The molecule has 2 rings (SSSR count). The predicted molar refractivity (Wildman–Crippen MR) is 97.9 cm³/mol. The molecule has 1 fully saturated rings. The fraction of sp³-hybridized carbons (Fsp3) is 0.600. The summed E-state index contributed by atoms with van der Waals surface area (Å²) < 4.78 is 0. The van der Waals surface area contributed by atoms with Gasteiger partial charge in [-0.15, -0.1) is 0 Å².